The molecular formula is C19H14N2O2Se. The van der Waals surface area contributed by atoms with Crippen LogP contribution in [0.4, 0.5) is 0 Å². The normalized spacial score (nSPS) is 11.8. The number of ether oxygens (including phenoxy) is 2. The molecule has 1 aromatic heterocycles. The fourth-order valence-electron chi connectivity index (χ4n) is 3.22. The van der Waals surface area contributed by atoms with E-state index in [9.17, 15) is 0 Å². The number of hydrogen-bond acceptors (Lipinski definition) is 3. The van der Waals surface area contributed by atoms with E-state index in [1.165, 1.54) is 25.3 Å². The summed E-state index contributed by atoms with van der Waals surface area (Å²) in [5.74, 6) is 1.74. The summed E-state index contributed by atoms with van der Waals surface area (Å²) < 4.78 is 13.2. The number of nitrogens with one attached hydrogen (secondary N) is 1. The molecule has 3 aromatic rings. The summed E-state index contributed by atoms with van der Waals surface area (Å²) in [7, 11) is 3.40. The maximum atomic E-state index is 5.39. The van der Waals surface area contributed by atoms with E-state index in [2.05, 4.69) is 29.2 Å². The van der Waals surface area contributed by atoms with E-state index in [1.807, 2.05) is 18.2 Å². The van der Waals surface area contributed by atoms with E-state index in [4.69, 9.17) is 14.5 Å². The van der Waals surface area contributed by atoms with E-state index >= 15 is 0 Å². The van der Waals surface area contributed by atoms with Gasteiger partial charge < -0.3 is 0 Å². The third kappa shape index (κ3) is 1.89. The summed E-state index contributed by atoms with van der Waals surface area (Å²) in [5.41, 5.74) is 3.40. The monoisotopic (exact) mass is 382 g/mol. The second-order valence-corrected chi connectivity index (χ2v) is 7.84. The summed E-state index contributed by atoms with van der Waals surface area (Å²) in [6.07, 6.45) is 0. The van der Waals surface area contributed by atoms with E-state index in [0.29, 0.717) is 0 Å². The first kappa shape index (κ1) is 13.9. The molecule has 5 heteroatoms. The molecule has 4 nitrogen and oxygen atoms in total. The van der Waals surface area contributed by atoms with Crippen LogP contribution in [0, 0.1) is 0 Å². The second-order valence-electron chi connectivity index (χ2n) is 5.74. The summed E-state index contributed by atoms with van der Waals surface area (Å²) in [6, 6.07) is 14.5. The van der Waals surface area contributed by atoms with Crippen molar-refractivity contribution in [3.05, 3.63) is 42.5 Å². The van der Waals surface area contributed by atoms with Crippen molar-refractivity contribution in [2.75, 3.05) is 14.2 Å². The number of aromatic amines is 1. The topological polar surface area (TPSA) is 47.1 Å². The van der Waals surface area contributed by atoms with Crippen molar-refractivity contribution < 1.29 is 9.47 Å². The van der Waals surface area contributed by atoms with Crippen molar-refractivity contribution in [1.29, 1.82) is 0 Å². The quantitative estimate of drug-likeness (QED) is 0.470. The number of rotatable bonds is 2. The van der Waals surface area contributed by atoms with Gasteiger partial charge in [0, 0.05) is 0 Å². The molecule has 0 spiro atoms. The molecule has 1 N–H and O–H groups in total. The van der Waals surface area contributed by atoms with E-state index < -0.39 is 0 Å². The molecule has 5 rings (SSSR count). The summed E-state index contributed by atoms with van der Waals surface area (Å²) >= 11 is 0.165. The SMILES string of the molecule is COc1ccc2nc3[se]c4[nH]c5ccc(OC)cc5c4cc-3c2c1. The number of aromatic nitrogens is 2. The summed E-state index contributed by atoms with van der Waals surface area (Å²) in [4.78, 5) is 8.38. The zero-order valence-corrected chi connectivity index (χ0v) is 14.9. The summed E-state index contributed by atoms with van der Waals surface area (Å²) in [5, 5.41) is 3.62. The van der Waals surface area contributed by atoms with Gasteiger partial charge in [0.2, 0.25) is 0 Å². The number of H-pyrrole nitrogens is 1. The molecule has 0 atom stereocenters. The van der Waals surface area contributed by atoms with Crippen molar-refractivity contribution in [3.63, 3.8) is 0 Å². The van der Waals surface area contributed by atoms with Crippen LogP contribution in [0.15, 0.2) is 42.5 Å². The Labute approximate surface area is 144 Å². The Kier molecular flexibility index (Phi) is 2.90. The maximum absolute atomic E-state index is 5.39. The van der Waals surface area contributed by atoms with Crippen molar-refractivity contribution in [2.24, 2.45) is 0 Å². The Morgan fingerprint density at radius 2 is 1.62 bits per heavy atom. The third-order valence-electron chi connectivity index (χ3n) is 4.44. The number of benzene rings is 2. The Balaban J connectivity index is 1.90. The fourth-order valence-corrected chi connectivity index (χ4v) is 5.43. The third-order valence-corrected chi connectivity index (χ3v) is 6.61. The molecule has 2 aromatic carbocycles. The van der Waals surface area contributed by atoms with Gasteiger partial charge in [0.15, 0.2) is 0 Å². The van der Waals surface area contributed by atoms with E-state index in [1.54, 1.807) is 14.2 Å². The van der Waals surface area contributed by atoms with E-state index in [0.717, 1.165) is 27.9 Å². The Hall–Kier alpha value is -2.49. The molecule has 2 aliphatic heterocycles. The first-order valence-corrected chi connectivity index (χ1v) is 9.35. The van der Waals surface area contributed by atoms with Gasteiger partial charge in [-0.25, -0.2) is 0 Å². The van der Waals surface area contributed by atoms with Gasteiger partial charge >= 0.3 is 144 Å². The standard InChI is InChI=1S/C19H14N2O2Se/c1-22-10-3-5-16-12(7-10)14-9-15-13-8-11(23-2)4-6-17(13)21-19(15)24-18(14)20-16/h3-9,20H,1-2H3. The average Bonchev–Trinajstić information content (AvgIpc) is 3.15. The molecule has 118 valence electrons. The van der Waals surface area contributed by atoms with Gasteiger partial charge in [-0.2, -0.15) is 0 Å². The predicted molar refractivity (Wildman–Crippen MR) is 97.8 cm³/mol. The fraction of sp³-hybridized carbons (Fsp3) is 0.105. The Morgan fingerprint density at radius 1 is 0.875 bits per heavy atom. The van der Waals surface area contributed by atoms with E-state index in [-0.39, 0.29) is 14.5 Å². The van der Waals surface area contributed by atoms with Gasteiger partial charge in [-0.1, -0.05) is 0 Å². The average molecular weight is 381 g/mol. The van der Waals surface area contributed by atoms with Gasteiger partial charge in [-0.05, 0) is 0 Å². The van der Waals surface area contributed by atoms with Crippen LogP contribution in [0.2, 0.25) is 0 Å². The van der Waals surface area contributed by atoms with Crippen molar-refractivity contribution >= 4 is 46.1 Å². The second kappa shape index (κ2) is 5.00. The van der Waals surface area contributed by atoms with Crippen LogP contribution in [0.25, 0.3) is 41.7 Å². The van der Waals surface area contributed by atoms with Crippen LogP contribution in [0.5, 0.6) is 11.5 Å². The molecule has 0 aliphatic carbocycles. The minimum atomic E-state index is 0.165. The molecule has 0 saturated carbocycles. The van der Waals surface area contributed by atoms with Gasteiger partial charge in [-0.3, -0.25) is 0 Å². The molecule has 0 unspecified atom stereocenters. The molecular weight excluding hydrogens is 367 g/mol. The van der Waals surface area contributed by atoms with Crippen LogP contribution < -0.4 is 9.47 Å². The molecule has 0 saturated heterocycles. The molecule has 3 heterocycles. The van der Waals surface area contributed by atoms with Gasteiger partial charge in [0.1, 0.15) is 0 Å². The first-order valence-electron chi connectivity index (χ1n) is 7.63. The Morgan fingerprint density at radius 3 is 2.42 bits per heavy atom. The molecule has 0 amide bonds. The van der Waals surface area contributed by atoms with Crippen LogP contribution in [-0.4, -0.2) is 38.7 Å². The van der Waals surface area contributed by atoms with Crippen molar-refractivity contribution in [2.45, 2.75) is 0 Å². The number of nitrogens with zero attached hydrogens (tertiary/aromatic N) is 1. The van der Waals surface area contributed by atoms with Gasteiger partial charge in [-0.15, -0.1) is 0 Å². The molecule has 0 fully saturated rings. The first-order chi connectivity index (χ1) is 11.8. The number of fused-ring (bicyclic) bond motifs is 6. The van der Waals surface area contributed by atoms with Crippen molar-refractivity contribution in [3.8, 4) is 21.6 Å². The zero-order chi connectivity index (χ0) is 16.3. The van der Waals surface area contributed by atoms with Crippen LogP contribution in [-0.2, 0) is 0 Å². The molecule has 2 aliphatic rings. The molecule has 0 bridgehead atoms. The van der Waals surface area contributed by atoms with Crippen LogP contribution in [0.1, 0.15) is 0 Å². The van der Waals surface area contributed by atoms with Crippen LogP contribution >= 0.6 is 0 Å². The van der Waals surface area contributed by atoms with Gasteiger partial charge in [0.25, 0.3) is 0 Å². The summed E-state index contributed by atoms with van der Waals surface area (Å²) in [6.45, 7) is 0. The van der Waals surface area contributed by atoms with Crippen LogP contribution in [0.3, 0.4) is 0 Å². The molecule has 0 radical (unpaired) electrons. The minimum absolute atomic E-state index is 0.165. The zero-order valence-electron chi connectivity index (χ0n) is 13.2. The number of methoxy groups -OCH3 is 2. The predicted octanol–water partition coefficient (Wildman–Crippen LogP) is 4.05. The van der Waals surface area contributed by atoms with Gasteiger partial charge in [0.05, 0.1) is 0 Å². The Bertz CT molecular complexity index is 1180. The molecule has 24 heavy (non-hydrogen) atoms. The van der Waals surface area contributed by atoms with Crippen molar-refractivity contribution in [1.82, 2.24) is 9.97 Å². The number of hydrogen-bond donors (Lipinski definition) is 1.